The van der Waals surface area contributed by atoms with E-state index in [9.17, 15) is 4.79 Å². The summed E-state index contributed by atoms with van der Waals surface area (Å²) in [5.41, 5.74) is 5.09. The van der Waals surface area contributed by atoms with Gasteiger partial charge in [0.1, 0.15) is 0 Å². The van der Waals surface area contributed by atoms with Gasteiger partial charge in [0.15, 0.2) is 5.96 Å². The SMILES string of the molecule is CC.CN=C(N)NC(C)=O. The number of hydrogen-bond donors (Lipinski definition) is 2. The van der Waals surface area contributed by atoms with Crippen LogP contribution in [0.5, 0.6) is 0 Å². The van der Waals surface area contributed by atoms with Crippen molar-refractivity contribution in [1.29, 1.82) is 0 Å². The number of hydrogen-bond acceptors (Lipinski definition) is 2. The molecule has 0 aromatic carbocycles. The van der Waals surface area contributed by atoms with Gasteiger partial charge in [0.25, 0.3) is 0 Å². The normalized spacial score (nSPS) is 9.40. The van der Waals surface area contributed by atoms with E-state index < -0.39 is 0 Å². The lowest BCUT2D eigenvalue weighted by molar-refractivity contribution is -0.117. The average molecular weight is 145 g/mol. The van der Waals surface area contributed by atoms with Crippen LogP contribution in [0.15, 0.2) is 4.99 Å². The molecule has 0 saturated carbocycles. The van der Waals surface area contributed by atoms with Gasteiger partial charge in [0, 0.05) is 14.0 Å². The first-order valence-corrected chi connectivity index (χ1v) is 3.16. The summed E-state index contributed by atoms with van der Waals surface area (Å²) in [6, 6.07) is 0. The highest BCUT2D eigenvalue weighted by atomic mass is 16.1. The summed E-state index contributed by atoms with van der Waals surface area (Å²) in [5, 5.41) is 2.28. The van der Waals surface area contributed by atoms with Crippen LogP contribution in [0.3, 0.4) is 0 Å². The van der Waals surface area contributed by atoms with Crippen LogP contribution in [-0.4, -0.2) is 18.9 Å². The van der Waals surface area contributed by atoms with Crippen molar-refractivity contribution in [2.45, 2.75) is 20.8 Å². The van der Waals surface area contributed by atoms with Crippen molar-refractivity contribution in [3.8, 4) is 0 Å². The third-order valence-corrected chi connectivity index (χ3v) is 0.545. The minimum absolute atomic E-state index is 0.150. The number of carbonyl (C=O) groups excluding carboxylic acids is 1. The Morgan fingerprint density at radius 2 is 1.90 bits per heavy atom. The molecule has 10 heavy (non-hydrogen) atoms. The molecule has 0 fully saturated rings. The third-order valence-electron chi connectivity index (χ3n) is 0.545. The molecule has 0 aliphatic carbocycles. The largest absolute Gasteiger partial charge is 0.370 e. The maximum absolute atomic E-state index is 10.1. The van der Waals surface area contributed by atoms with Gasteiger partial charge in [-0.25, -0.2) is 0 Å². The number of aliphatic imine (C=N–C) groups is 1. The molecule has 0 heterocycles. The molecule has 0 aliphatic heterocycles. The fourth-order valence-corrected chi connectivity index (χ4v) is 0.236. The first-order chi connectivity index (χ1) is 4.66. The second kappa shape index (κ2) is 7.94. The monoisotopic (exact) mass is 145 g/mol. The van der Waals surface area contributed by atoms with Crippen molar-refractivity contribution in [3.05, 3.63) is 0 Å². The Morgan fingerprint density at radius 1 is 1.50 bits per heavy atom. The Labute approximate surface area is 61.5 Å². The highest BCUT2D eigenvalue weighted by Gasteiger charge is 1.89. The van der Waals surface area contributed by atoms with Crippen molar-refractivity contribution < 1.29 is 4.79 Å². The number of amides is 1. The van der Waals surface area contributed by atoms with Crippen LogP contribution >= 0.6 is 0 Å². The molecule has 0 aliphatic rings. The Morgan fingerprint density at radius 3 is 2.00 bits per heavy atom. The predicted molar refractivity (Wildman–Crippen MR) is 42.7 cm³/mol. The van der Waals surface area contributed by atoms with Gasteiger partial charge >= 0.3 is 0 Å². The molecule has 0 bridgehead atoms. The van der Waals surface area contributed by atoms with E-state index in [1.165, 1.54) is 14.0 Å². The summed E-state index contributed by atoms with van der Waals surface area (Å²) in [6.45, 7) is 5.37. The minimum atomic E-state index is -0.201. The van der Waals surface area contributed by atoms with Crippen LogP contribution in [0.2, 0.25) is 0 Å². The Balaban J connectivity index is 0. The highest BCUT2D eigenvalue weighted by Crippen LogP contribution is 1.58. The molecule has 60 valence electrons. The van der Waals surface area contributed by atoms with Crippen LogP contribution in [0.25, 0.3) is 0 Å². The van der Waals surface area contributed by atoms with E-state index in [1.807, 2.05) is 13.8 Å². The van der Waals surface area contributed by atoms with Gasteiger partial charge in [-0.2, -0.15) is 0 Å². The second-order valence-corrected chi connectivity index (χ2v) is 1.29. The lowest BCUT2D eigenvalue weighted by Gasteiger charge is -1.95. The molecule has 4 heteroatoms. The Hall–Kier alpha value is -1.06. The fraction of sp³-hybridized carbons (Fsp3) is 0.667. The van der Waals surface area contributed by atoms with E-state index in [1.54, 1.807) is 0 Å². The van der Waals surface area contributed by atoms with Crippen molar-refractivity contribution in [2.24, 2.45) is 10.7 Å². The van der Waals surface area contributed by atoms with Gasteiger partial charge in [-0.15, -0.1) is 0 Å². The molecule has 0 spiro atoms. The number of nitrogens with one attached hydrogen (secondary N) is 1. The highest BCUT2D eigenvalue weighted by molar-refractivity contribution is 5.94. The zero-order valence-electron chi connectivity index (χ0n) is 6.93. The Bertz CT molecular complexity index is 120. The van der Waals surface area contributed by atoms with Gasteiger partial charge in [0.05, 0.1) is 0 Å². The van der Waals surface area contributed by atoms with Gasteiger partial charge in [-0.1, -0.05) is 13.8 Å². The minimum Gasteiger partial charge on any atom is -0.370 e. The molecule has 4 nitrogen and oxygen atoms in total. The summed E-state index contributed by atoms with van der Waals surface area (Å²) in [7, 11) is 1.51. The summed E-state index contributed by atoms with van der Waals surface area (Å²) in [6.07, 6.45) is 0. The molecule has 0 radical (unpaired) electrons. The van der Waals surface area contributed by atoms with Crippen molar-refractivity contribution in [1.82, 2.24) is 5.32 Å². The fourth-order valence-electron chi connectivity index (χ4n) is 0.236. The van der Waals surface area contributed by atoms with E-state index >= 15 is 0 Å². The lowest BCUT2D eigenvalue weighted by Crippen LogP contribution is -2.34. The molecule has 0 rings (SSSR count). The Kier molecular flexibility index (Phi) is 9.29. The second-order valence-electron chi connectivity index (χ2n) is 1.29. The van der Waals surface area contributed by atoms with Crippen LogP contribution in [0, 0.1) is 0 Å². The van der Waals surface area contributed by atoms with E-state index in [2.05, 4.69) is 10.3 Å². The molecule has 0 aromatic heterocycles. The van der Waals surface area contributed by atoms with Gasteiger partial charge in [-0.3, -0.25) is 15.1 Å². The molecule has 3 N–H and O–H groups in total. The third kappa shape index (κ3) is 10.0. The van der Waals surface area contributed by atoms with E-state index in [0.29, 0.717) is 0 Å². The number of nitrogens with zero attached hydrogens (tertiary/aromatic N) is 1. The van der Waals surface area contributed by atoms with Gasteiger partial charge < -0.3 is 5.73 Å². The number of nitrogens with two attached hydrogens (primary N) is 1. The predicted octanol–water partition coefficient (Wildman–Crippen LogP) is 0.0932. The molecule has 0 aromatic rings. The van der Waals surface area contributed by atoms with Crippen LogP contribution in [0.4, 0.5) is 0 Å². The summed E-state index contributed by atoms with van der Waals surface area (Å²) < 4.78 is 0. The number of rotatable bonds is 0. The first-order valence-electron chi connectivity index (χ1n) is 3.16. The molecular weight excluding hydrogens is 130 g/mol. The van der Waals surface area contributed by atoms with Crippen LogP contribution < -0.4 is 11.1 Å². The standard InChI is InChI=1S/C4H9N3O.C2H6/c1-3(8)7-4(5)6-2;1-2/h1-2H3,(H3,5,6,7,8);1-2H3. The number of guanidine groups is 1. The smallest absolute Gasteiger partial charge is 0.223 e. The van der Waals surface area contributed by atoms with Gasteiger partial charge in [-0.05, 0) is 0 Å². The molecule has 1 amide bonds. The quantitative estimate of drug-likeness (QED) is 0.375. The van der Waals surface area contributed by atoms with Crippen molar-refractivity contribution in [2.75, 3.05) is 7.05 Å². The van der Waals surface area contributed by atoms with Crippen molar-refractivity contribution >= 4 is 11.9 Å². The maximum Gasteiger partial charge on any atom is 0.223 e. The summed E-state index contributed by atoms with van der Waals surface area (Å²) in [5.74, 6) is -0.0504. The van der Waals surface area contributed by atoms with Crippen LogP contribution in [0.1, 0.15) is 20.8 Å². The molecular formula is C6H15N3O. The van der Waals surface area contributed by atoms with E-state index in [0.717, 1.165) is 0 Å². The number of carbonyl (C=O) groups is 1. The van der Waals surface area contributed by atoms with Crippen molar-refractivity contribution in [3.63, 3.8) is 0 Å². The molecule has 0 saturated heterocycles. The lowest BCUT2D eigenvalue weighted by atomic mass is 10.7. The molecule has 0 unspecified atom stereocenters. The van der Waals surface area contributed by atoms with E-state index in [4.69, 9.17) is 5.73 Å². The first kappa shape index (κ1) is 11.7. The van der Waals surface area contributed by atoms with Gasteiger partial charge in [0.2, 0.25) is 5.91 Å². The average Bonchev–Trinajstić information content (AvgIpc) is 1.91. The zero-order valence-corrected chi connectivity index (χ0v) is 6.93. The summed E-state index contributed by atoms with van der Waals surface area (Å²) in [4.78, 5) is 13.6. The topological polar surface area (TPSA) is 67.5 Å². The molecule has 0 atom stereocenters. The zero-order chi connectivity index (χ0) is 8.57. The maximum atomic E-state index is 10.1. The summed E-state index contributed by atoms with van der Waals surface area (Å²) >= 11 is 0. The van der Waals surface area contributed by atoms with E-state index in [-0.39, 0.29) is 11.9 Å². The van der Waals surface area contributed by atoms with Crippen LogP contribution in [-0.2, 0) is 4.79 Å².